The molecule has 3 aromatic heterocycles. The Morgan fingerprint density at radius 2 is 2.12 bits per heavy atom. The van der Waals surface area contributed by atoms with Crippen molar-refractivity contribution in [2.75, 3.05) is 5.32 Å². The molecule has 126 valence electrons. The average molecular weight is 353 g/mol. The molecule has 0 bridgehead atoms. The maximum absolute atomic E-state index is 12.2. The van der Waals surface area contributed by atoms with Crippen molar-refractivity contribution in [1.29, 1.82) is 0 Å². The second kappa shape index (κ2) is 6.10. The fourth-order valence-electron chi connectivity index (χ4n) is 2.68. The number of nitrogens with one attached hydrogen (secondary N) is 1. The first-order valence-electron chi connectivity index (χ1n) is 7.66. The first kappa shape index (κ1) is 15.5. The summed E-state index contributed by atoms with van der Waals surface area (Å²) in [5.74, 6) is 0. The van der Waals surface area contributed by atoms with Gasteiger partial charge in [0.05, 0.1) is 17.9 Å². The van der Waals surface area contributed by atoms with Crippen molar-refractivity contribution >= 4 is 22.0 Å². The normalized spacial score (nSPS) is 11.1. The van der Waals surface area contributed by atoms with Crippen LogP contribution in [0.25, 0.3) is 10.6 Å². The lowest BCUT2D eigenvalue weighted by molar-refractivity contribution is 0.785. The maximum Gasteiger partial charge on any atom is 0.259 e. The van der Waals surface area contributed by atoms with Gasteiger partial charge in [-0.1, -0.05) is 0 Å². The number of anilines is 1. The van der Waals surface area contributed by atoms with Gasteiger partial charge in [-0.15, -0.1) is 16.4 Å². The lowest BCUT2D eigenvalue weighted by Crippen LogP contribution is -2.16. The van der Waals surface area contributed by atoms with Gasteiger partial charge in [-0.3, -0.25) is 9.20 Å². The Hall–Kier alpha value is -3.07. The third kappa shape index (κ3) is 2.89. The molecule has 0 aliphatic carbocycles. The third-order valence-electron chi connectivity index (χ3n) is 3.89. The summed E-state index contributed by atoms with van der Waals surface area (Å²) in [6.45, 7) is 4.37. The minimum atomic E-state index is -0.0502. The third-order valence-corrected chi connectivity index (χ3v) is 4.84. The molecule has 1 N–H and O–H groups in total. The molecule has 9 heteroatoms. The molecule has 0 aliphatic rings. The summed E-state index contributed by atoms with van der Waals surface area (Å²) in [4.78, 5) is 17.5. The molecule has 4 rings (SSSR count). The van der Waals surface area contributed by atoms with Gasteiger partial charge in [-0.25, -0.2) is 9.67 Å². The minimum absolute atomic E-state index is 0.0502. The highest BCUT2D eigenvalue weighted by Crippen LogP contribution is 2.18. The van der Waals surface area contributed by atoms with Gasteiger partial charge in [-0.05, 0) is 48.0 Å². The molecule has 0 fully saturated rings. The molecule has 1 aromatic carbocycles. The standard InChI is InChI=1S/C16H15N7OS/c1-10-5-12(3-4-14(10)22-9-18-20-21-22)17-7-13-6-15(24)23-11(2)8-25-16(23)19-13/h3-6,8-9,17H,7H2,1-2H3. The fourth-order valence-corrected chi connectivity index (χ4v) is 3.57. The van der Waals surface area contributed by atoms with E-state index in [0.29, 0.717) is 17.2 Å². The predicted molar refractivity (Wildman–Crippen MR) is 95.3 cm³/mol. The molecular weight excluding hydrogens is 338 g/mol. The summed E-state index contributed by atoms with van der Waals surface area (Å²) in [7, 11) is 0. The molecule has 0 atom stereocenters. The zero-order valence-corrected chi connectivity index (χ0v) is 14.5. The van der Waals surface area contributed by atoms with Crippen molar-refractivity contribution in [3.63, 3.8) is 0 Å². The van der Waals surface area contributed by atoms with Crippen LogP contribution < -0.4 is 10.9 Å². The van der Waals surface area contributed by atoms with Crippen molar-refractivity contribution in [1.82, 2.24) is 29.6 Å². The van der Waals surface area contributed by atoms with E-state index in [0.717, 1.165) is 22.6 Å². The van der Waals surface area contributed by atoms with Crippen molar-refractivity contribution in [2.45, 2.75) is 20.4 Å². The Labute approximate surface area is 146 Å². The molecule has 0 unspecified atom stereocenters. The minimum Gasteiger partial charge on any atom is -0.379 e. The van der Waals surface area contributed by atoms with Gasteiger partial charge in [0, 0.05) is 22.8 Å². The van der Waals surface area contributed by atoms with Gasteiger partial charge in [0.1, 0.15) is 6.33 Å². The monoisotopic (exact) mass is 353 g/mol. The van der Waals surface area contributed by atoms with E-state index in [4.69, 9.17) is 0 Å². The van der Waals surface area contributed by atoms with E-state index in [2.05, 4.69) is 25.8 Å². The van der Waals surface area contributed by atoms with Crippen LogP contribution in [-0.2, 0) is 6.54 Å². The van der Waals surface area contributed by atoms with Crippen LogP contribution in [0, 0.1) is 13.8 Å². The highest BCUT2D eigenvalue weighted by molar-refractivity contribution is 7.15. The van der Waals surface area contributed by atoms with E-state index in [9.17, 15) is 4.79 Å². The number of fused-ring (bicyclic) bond motifs is 1. The van der Waals surface area contributed by atoms with Crippen LogP contribution in [0.5, 0.6) is 0 Å². The van der Waals surface area contributed by atoms with Gasteiger partial charge in [-0.2, -0.15) is 0 Å². The van der Waals surface area contributed by atoms with Gasteiger partial charge >= 0.3 is 0 Å². The second-order valence-electron chi connectivity index (χ2n) is 5.69. The number of aromatic nitrogens is 6. The fraction of sp³-hybridized carbons (Fsp3) is 0.188. The van der Waals surface area contributed by atoms with Crippen molar-refractivity contribution in [3.05, 3.63) is 63.3 Å². The van der Waals surface area contributed by atoms with E-state index in [1.165, 1.54) is 11.3 Å². The van der Waals surface area contributed by atoms with Crippen LogP contribution in [0.4, 0.5) is 5.69 Å². The van der Waals surface area contributed by atoms with Gasteiger partial charge < -0.3 is 5.32 Å². The molecule has 8 nitrogen and oxygen atoms in total. The molecule has 3 heterocycles. The Balaban J connectivity index is 1.55. The molecule has 0 saturated heterocycles. The molecule has 0 radical (unpaired) electrons. The summed E-state index contributed by atoms with van der Waals surface area (Å²) in [6.07, 6.45) is 1.56. The van der Waals surface area contributed by atoms with E-state index >= 15 is 0 Å². The van der Waals surface area contributed by atoms with Gasteiger partial charge in [0.15, 0.2) is 4.96 Å². The zero-order chi connectivity index (χ0) is 17.4. The van der Waals surface area contributed by atoms with Gasteiger partial charge in [0.25, 0.3) is 5.56 Å². The number of hydrogen-bond donors (Lipinski definition) is 1. The predicted octanol–water partition coefficient (Wildman–Crippen LogP) is 1.96. The van der Waals surface area contributed by atoms with Crippen LogP contribution in [0.1, 0.15) is 17.0 Å². The first-order chi connectivity index (χ1) is 12.1. The molecule has 0 saturated carbocycles. The Kier molecular flexibility index (Phi) is 3.77. The summed E-state index contributed by atoms with van der Waals surface area (Å²) in [5.41, 5.74) is 4.47. The van der Waals surface area contributed by atoms with E-state index in [1.54, 1.807) is 21.5 Å². The molecule has 4 aromatic rings. The molecule has 25 heavy (non-hydrogen) atoms. The lowest BCUT2D eigenvalue weighted by Gasteiger charge is -2.10. The highest BCUT2D eigenvalue weighted by atomic mass is 32.1. The largest absolute Gasteiger partial charge is 0.379 e. The number of nitrogens with zero attached hydrogens (tertiary/aromatic N) is 6. The van der Waals surface area contributed by atoms with Gasteiger partial charge in [0.2, 0.25) is 0 Å². The smallest absolute Gasteiger partial charge is 0.259 e. The molecule has 0 spiro atoms. The zero-order valence-electron chi connectivity index (χ0n) is 13.7. The quantitative estimate of drug-likeness (QED) is 0.603. The summed E-state index contributed by atoms with van der Waals surface area (Å²) >= 11 is 1.47. The van der Waals surface area contributed by atoms with Crippen molar-refractivity contribution in [2.24, 2.45) is 0 Å². The maximum atomic E-state index is 12.2. The number of thiazole rings is 1. The summed E-state index contributed by atoms with van der Waals surface area (Å²) in [6, 6.07) is 7.48. The Morgan fingerprint density at radius 3 is 2.88 bits per heavy atom. The molecule has 0 aliphatic heterocycles. The number of hydrogen-bond acceptors (Lipinski definition) is 7. The summed E-state index contributed by atoms with van der Waals surface area (Å²) in [5, 5.41) is 16.4. The first-order valence-corrected chi connectivity index (χ1v) is 8.54. The average Bonchev–Trinajstić information content (AvgIpc) is 3.23. The van der Waals surface area contributed by atoms with Crippen LogP contribution >= 0.6 is 11.3 Å². The number of benzene rings is 1. The van der Waals surface area contributed by atoms with Crippen LogP contribution in [-0.4, -0.2) is 29.6 Å². The van der Waals surface area contributed by atoms with E-state index < -0.39 is 0 Å². The SMILES string of the molecule is Cc1cc(NCc2cc(=O)n3c(C)csc3n2)ccc1-n1cnnn1. The molecular formula is C16H15N7OS. The number of aryl methyl sites for hydroxylation is 2. The second-order valence-corrected chi connectivity index (χ2v) is 6.53. The van der Waals surface area contributed by atoms with Crippen molar-refractivity contribution in [3.8, 4) is 5.69 Å². The molecule has 0 amide bonds. The van der Waals surface area contributed by atoms with E-state index in [-0.39, 0.29) is 5.56 Å². The number of rotatable bonds is 4. The summed E-state index contributed by atoms with van der Waals surface area (Å²) < 4.78 is 3.24. The van der Waals surface area contributed by atoms with Crippen LogP contribution in [0.3, 0.4) is 0 Å². The van der Waals surface area contributed by atoms with E-state index in [1.807, 2.05) is 37.4 Å². The Morgan fingerprint density at radius 1 is 1.24 bits per heavy atom. The Bertz CT molecular complexity index is 1100. The highest BCUT2D eigenvalue weighted by Gasteiger charge is 2.07. The van der Waals surface area contributed by atoms with Crippen molar-refractivity contribution < 1.29 is 0 Å². The number of tetrazole rings is 1. The lowest BCUT2D eigenvalue weighted by atomic mass is 10.2. The van der Waals surface area contributed by atoms with Crippen LogP contribution in [0.2, 0.25) is 0 Å². The van der Waals surface area contributed by atoms with Crippen LogP contribution in [0.15, 0.2) is 40.8 Å². The topological polar surface area (TPSA) is 90.0 Å².